The molecule has 5 nitrogen and oxygen atoms in total. The van der Waals surface area contributed by atoms with E-state index in [-0.39, 0.29) is 0 Å². The molecule has 0 aliphatic rings. The van der Waals surface area contributed by atoms with Crippen LogP contribution in [0.15, 0.2) is 36.5 Å². The van der Waals surface area contributed by atoms with Gasteiger partial charge in [0.2, 0.25) is 0 Å². The van der Waals surface area contributed by atoms with Crippen LogP contribution < -0.4 is 5.49 Å². The number of rotatable bonds is 1. The highest BCUT2D eigenvalue weighted by Gasteiger charge is 2.07. The Morgan fingerprint density at radius 2 is 2.00 bits per heavy atom. The molecule has 17 heavy (non-hydrogen) atoms. The first kappa shape index (κ1) is 9.77. The molecule has 0 saturated carbocycles. The number of H-pyrrole nitrogens is 1. The SMILES string of the molecule is Cc1nc2cn[nH]c2c(=N)n1-c1ccccc1. The Morgan fingerprint density at radius 3 is 2.76 bits per heavy atom. The van der Waals surface area contributed by atoms with E-state index in [1.165, 1.54) is 0 Å². The summed E-state index contributed by atoms with van der Waals surface area (Å²) in [5, 5.41) is 14.9. The lowest BCUT2D eigenvalue weighted by molar-refractivity contribution is 0.852. The van der Waals surface area contributed by atoms with E-state index in [1.54, 1.807) is 10.8 Å². The fourth-order valence-corrected chi connectivity index (χ4v) is 1.93. The Kier molecular flexibility index (Phi) is 2.04. The zero-order valence-electron chi connectivity index (χ0n) is 9.31. The van der Waals surface area contributed by atoms with Crippen molar-refractivity contribution in [2.75, 3.05) is 0 Å². The summed E-state index contributed by atoms with van der Waals surface area (Å²) in [6.07, 6.45) is 1.63. The lowest BCUT2D eigenvalue weighted by Gasteiger charge is -2.10. The molecular formula is C12H11N5. The summed E-state index contributed by atoms with van der Waals surface area (Å²) in [5.41, 5.74) is 2.68. The van der Waals surface area contributed by atoms with E-state index in [1.807, 2.05) is 37.3 Å². The predicted octanol–water partition coefficient (Wildman–Crippen LogP) is 1.54. The van der Waals surface area contributed by atoms with Gasteiger partial charge >= 0.3 is 0 Å². The Labute approximate surface area is 97.3 Å². The van der Waals surface area contributed by atoms with Gasteiger partial charge in [-0.1, -0.05) is 18.2 Å². The average Bonchev–Trinajstić information content (AvgIpc) is 2.78. The van der Waals surface area contributed by atoms with Crippen LogP contribution in [-0.2, 0) is 0 Å². The second kappa shape index (κ2) is 3.55. The van der Waals surface area contributed by atoms with E-state index in [4.69, 9.17) is 5.41 Å². The van der Waals surface area contributed by atoms with Crippen molar-refractivity contribution in [3.63, 3.8) is 0 Å². The molecule has 0 atom stereocenters. The number of nitrogens with zero attached hydrogens (tertiary/aromatic N) is 3. The standard InChI is InChI=1S/C12H11N5/c1-8-15-10-7-14-16-11(10)12(13)17(8)9-5-3-2-4-6-9/h2-7,13H,1H3,(H,14,16). The van der Waals surface area contributed by atoms with Gasteiger partial charge in [-0.3, -0.25) is 15.1 Å². The summed E-state index contributed by atoms with van der Waals surface area (Å²) < 4.78 is 1.79. The highest BCUT2D eigenvalue weighted by atomic mass is 15.2. The van der Waals surface area contributed by atoms with E-state index in [2.05, 4.69) is 15.2 Å². The van der Waals surface area contributed by atoms with Crippen molar-refractivity contribution in [1.29, 1.82) is 5.41 Å². The van der Waals surface area contributed by atoms with Gasteiger partial charge in [-0.2, -0.15) is 5.10 Å². The highest BCUT2D eigenvalue weighted by Crippen LogP contribution is 2.09. The third kappa shape index (κ3) is 1.44. The van der Waals surface area contributed by atoms with Crippen LogP contribution in [0.1, 0.15) is 5.82 Å². The molecule has 0 amide bonds. The molecule has 0 unspecified atom stereocenters. The zero-order valence-corrected chi connectivity index (χ0v) is 9.31. The Bertz CT molecular complexity index is 723. The van der Waals surface area contributed by atoms with E-state index >= 15 is 0 Å². The summed E-state index contributed by atoms with van der Waals surface area (Å²) in [7, 11) is 0. The monoisotopic (exact) mass is 225 g/mol. The van der Waals surface area contributed by atoms with Crippen molar-refractivity contribution in [3.05, 3.63) is 47.8 Å². The first-order chi connectivity index (χ1) is 8.27. The number of hydrogen-bond donors (Lipinski definition) is 2. The number of nitrogens with one attached hydrogen (secondary N) is 2. The van der Waals surface area contributed by atoms with Crippen LogP contribution in [0, 0.1) is 12.3 Å². The Hall–Kier alpha value is -2.43. The van der Waals surface area contributed by atoms with Crippen LogP contribution in [-0.4, -0.2) is 19.7 Å². The minimum atomic E-state index is 0.371. The number of para-hydroxylation sites is 1. The fourth-order valence-electron chi connectivity index (χ4n) is 1.93. The van der Waals surface area contributed by atoms with Gasteiger partial charge in [0.25, 0.3) is 0 Å². The van der Waals surface area contributed by atoms with E-state index in [0.29, 0.717) is 11.0 Å². The molecule has 0 spiro atoms. The summed E-state index contributed by atoms with van der Waals surface area (Å²) in [6.45, 7) is 1.89. The maximum atomic E-state index is 8.19. The third-order valence-electron chi connectivity index (χ3n) is 2.70. The van der Waals surface area contributed by atoms with Gasteiger partial charge < -0.3 is 0 Å². The van der Waals surface area contributed by atoms with E-state index in [9.17, 15) is 0 Å². The van der Waals surface area contributed by atoms with Crippen molar-refractivity contribution in [3.8, 4) is 5.69 Å². The Morgan fingerprint density at radius 1 is 1.24 bits per heavy atom. The molecule has 0 radical (unpaired) electrons. The average molecular weight is 225 g/mol. The molecule has 3 aromatic rings. The second-order valence-electron chi connectivity index (χ2n) is 3.81. The van der Waals surface area contributed by atoms with Crippen LogP contribution in [0.3, 0.4) is 0 Å². The number of benzene rings is 1. The molecule has 2 aromatic heterocycles. The molecule has 0 saturated heterocycles. The van der Waals surface area contributed by atoms with Crippen LogP contribution in [0.2, 0.25) is 0 Å². The topological polar surface area (TPSA) is 70.3 Å². The van der Waals surface area contributed by atoms with Crippen molar-refractivity contribution in [1.82, 2.24) is 19.7 Å². The van der Waals surface area contributed by atoms with Gasteiger partial charge in [-0.15, -0.1) is 0 Å². The molecule has 5 heteroatoms. The van der Waals surface area contributed by atoms with Gasteiger partial charge in [0.05, 0.1) is 6.20 Å². The molecule has 2 N–H and O–H groups in total. The van der Waals surface area contributed by atoms with Crippen LogP contribution in [0.5, 0.6) is 0 Å². The minimum absolute atomic E-state index is 0.371. The normalized spacial score (nSPS) is 10.9. The first-order valence-corrected chi connectivity index (χ1v) is 5.30. The molecule has 0 aliphatic heterocycles. The van der Waals surface area contributed by atoms with Crippen molar-refractivity contribution in [2.45, 2.75) is 6.92 Å². The summed E-state index contributed by atoms with van der Waals surface area (Å²) >= 11 is 0. The van der Waals surface area contributed by atoms with E-state index < -0.39 is 0 Å². The van der Waals surface area contributed by atoms with Crippen molar-refractivity contribution >= 4 is 11.0 Å². The summed E-state index contributed by atoms with van der Waals surface area (Å²) in [6, 6.07) is 9.74. The lowest BCUT2D eigenvalue weighted by atomic mass is 10.3. The third-order valence-corrected chi connectivity index (χ3v) is 2.70. The Balaban J connectivity index is 2.40. The van der Waals surface area contributed by atoms with Crippen LogP contribution in [0.25, 0.3) is 16.7 Å². The van der Waals surface area contributed by atoms with E-state index in [0.717, 1.165) is 17.0 Å². The fraction of sp³-hybridized carbons (Fsp3) is 0.0833. The molecule has 2 heterocycles. The van der Waals surface area contributed by atoms with Crippen LogP contribution in [0.4, 0.5) is 0 Å². The maximum absolute atomic E-state index is 8.19. The quantitative estimate of drug-likeness (QED) is 0.659. The number of aryl methyl sites for hydroxylation is 1. The minimum Gasteiger partial charge on any atom is -0.282 e. The van der Waals surface area contributed by atoms with Gasteiger partial charge in [-0.25, -0.2) is 4.98 Å². The largest absolute Gasteiger partial charge is 0.282 e. The van der Waals surface area contributed by atoms with Crippen LogP contribution >= 0.6 is 0 Å². The van der Waals surface area contributed by atoms with Gasteiger partial charge in [-0.05, 0) is 19.1 Å². The zero-order chi connectivity index (χ0) is 11.8. The number of aromatic amines is 1. The first-order valence-electron chi connectivity index (χ1n) is 5.30. The molecule has 84 valence electrons. The molecule has 0 bridgehead atoms. The molecule has 0 fully saturated rings. The number of aromatic nitrogens is 4. The highest BCUT2D eigenvalue weighted by molar-refractivity contribution is 5.72. The molecule has 1 aromatic carbocycles. The molecule has 0 aliphatic carbocycles. The van der Waals surface area contributed by atoms with Crippen molar-refractivity contribution < 1.29 is 0 Å². The second-order valence-corrected chi connectivity index (χ2v) is 3.81. The summed E-state index contributed by atoms with van der Waals surface area (Å²) in [4.78, 5) is 4.42. The molecule has 3 rings (SSSR count). The summed E-state index contributed by atoms with van der Waals surface area (Å²) in [5.74, 6) is 0.773. The maximum Gasteiger partial charge on any atom is 0.158 e. The van der Waals surface area contributed by atoms with Gasteiger partial charge in [0.15, 0.2) is 5.49 Å². The van der Waals surface area contributed by atoms with Crippen molar-refractivity contribution in [2.24, 2.45) is 0 Å². The van der Waals surface area contributed by atoms with Gasteiger partial charge in [0.1, 0.15) is 16.9 Å². The predicted molar refractivity (Wildman–Crippen MR) is 63.8 cm³/mol. The molecular weight excluding hydrogens is 214 g/mol. The smallest absolute Gasteiger partial charge is 0.158 e. The number of hydrogen-bond acceptors (Lipinski definition) is 3. The lowest BCUT2D eigenvalue weighted by Crippen LogP contribution is -2.22. The number of fused-ring (bicyclic) bond motifs is 1. The van der Waals surface area contributed by atoms with Gasteiger partial charge in [0, 0.05) is 5.69 Å².